The van der Waals surface area contributed by atoms with Gasteiger partial charge < -0.3 is 10.0 Å². The number of benzene rings is 1. The molecule has 19 heavy (non-hydrogen) atoms. The van der Waals surface area contributed by atoms with Crippen molar-refractivity contribution < 1.29 is 9.90 Å². The molecule has 0 radical (unpaired) electrons. The lowest BCUT2D eigenvalue weighted by Gasteiger charge is -2.20. The van der Waals surface area contributed by atoms with Gasteiger partial charge in [0.25, 0.3) is 5.91 Å². The molecule has 1 rings (SSSR count). The Hall–Kier alpha value is -1.79. The summed E-state index contributed by atoms with van der Waals surface area (Å²) in [5.74, 6) is 6.22. The molecule has 0 spiro atoms. The molecule has 1 amide bonds. The Balaban J connectivity index is 2.94. The van der Waals surface area contributed by atoms with Crippen molar-refractivity contribution in [3.8, 4) is 11.8 Å². The minimum atomic E-state index is -0.0115. The Morgan fingerprint density at radius 2 is 2.05 bits per heavy atom. The predicted molar refractivity (Wildman–Crippen MR) is 76.8 cm³/mol. The lowest BCUT2D eigenvalue weighted by atomic mass is 10.1. The van der Waals surface area contributed by atoms with Crippen LogP contribution in [0.3, 0.4) is 0 Å². The van der Waals surface area contributed by atoms with Crippen LogP contribution in [0.5, 0.6) is 0 Å². The maximum atomic E-state index is 12.3. The highest BCUT2D eigenvalue weighted by atomic mass is 16.2. The highest BCUT2D eigenvalue weighted by molar-refractivity contribution is 5.96. The second-order valence-corrected chi connectivity index (χ2v) is 4.90. The number of carbonyl (C=O) groups is 1. The van der Waals surface area contributed by atoms with E-state index in [1.54, 1.807) is 18.0 Å². The van der Waals surface area contributed by atoms with Crippen molar-refractivity contribution in [2.45, 2.75) is 20.3 Å². The van der Waals surface area contributed by atoms with Gasteiger partial charge in [-0.2, -0.15) is 0 Å². The van der Waals surface area contributed by atoms with E-state index in [1.807, 2.05) is 18.2 Å². The zero-order valence-corrected chi connectivity index (χ0v) is 11.8. The van der Waals surface area contributed by atoms with E-state index < -0.39 is 0 Å². The fraction of sp³-hybridized carbons (Fsp3) is 0.438. The quantitative estimate of drug-likeness (QED) is 0.842. The zero-order chi connectivity index (χ0) is 14.3. The topological polar surface area (TPSA) is 40.5 Å². The van der Waals surface area contributed by atoms with Crippen molar-refractivity contribution in [1.82, 2.24) is 4.90 Å². The average Bonchev–Trinajstić information content (AvgIpc) is 2.38. The molecular weight excluding hydrogens is 238 g/mol. The summed E-state index contributed by atoms with van der Waals surface area (Å²) in [5.41, 5.74) is 1.34. The summed E-state index contributed by atoms with van der Waals surface area (Å²) in [6.07, 6.45) is 0.421. The summed E-state index contributed by atoms with van der Waals surface area (Å²) in [5, 5.41) is 8.73. The molecule has 0 atom stereocenters. The first-order chi connectivity index (χ1) is 9.06. The van der Waals surface area contributed by atoms with Crippen LogP contribution >= 0.6 is 0 Å². The lowest BCUT2D eigenvalue weighted by molar-refractivity contribution is 0.0779. The SMILES string of the molecule is CC(C)CN(C)C(=O)c1ccccc1C#CCCO. The van der Waals surface area contributed by atoms with E-state index in [-0.39, 0.29) is 12.5 Å². The summed E-state index contributed by atoms with van der Waals surface area (Å²) < 4.78 is 0. The van der Waals surface area contributed by atoms with Crippen LogP contribution in [0.1, 0.15) is 36.2 Å². The molecule has 0 saturated carbocycles. The lowest BCUT2D eigenvalue weighted by Crippen LogP contribution is -2.30. The third-order valence-corrected chi connectivity index (χ3v) is 2.60. The van der Waals surface area contributed by atoms with E-state index in [0.29, 0.717) is 17.9 Å². The van der Waals surface area contributed by atoms with E-state index in [2.05, 4.69) is 25.7 Å². The smallest absolute Gasteiger partial charge is 0.254 e. The first-order valence-electron chi connectivity index (χ1n) is 6.50. The van der Waals surface area contributed by atoms with Gasteiger partial charge in [-0.15, -0.1) is 0 Å². The molecule has 0 aromatic heterocycles. The molecule has 0 aliphatic heterocycles. The van der Waals surface area contributed by atoms with Gasteiger partial charge in [-0.1, -0.05) is 37.8 Å². The molecule has 1 aromatic rings. The monoisotopic (exact) mass is 259 g/mol. The molecule has 102 valence electrons. The first kappa shape index (κ1) is 15.3. The van der Waals surface area contributed by atoms with Crippen LogP contribution in [-0.4, -0.2) is 36.1 Å². The van der Waals surface area contributed by atoms with Gasteiger partial charge in [0, 0.05) is 25.6 Å². The molecule has 3 heteroatoms. The molecular formula is C16H21NO2. The third kappa shape index (κ3) is 4.76. The summed E-state index contributed by atoms with van der Waals surface area (Å²) in [7, 11) is 1.81. The van der Waals surface area contributed by atoms with Gasteiger partial charge in [-0.05, 0) is 18.1 Å². The van der Waals surface area contributed by atoms with Gasteiger partial charge >= 0.3 is 0 Å². The van der Waals surface area contributed by atoms with Crippen LogP contribution < -0.4 is 0 Å². The van der Waals surface area contributed by atoms with Crippen LogP contribution in [0.25, 0.3) is 0 Å². The molecule has 0 saturated heterocycles. The number of hydrogen-bond acceptors (Lipinski definition) is 2. The number of carbonyl (C=O) groups excluding carboxylic acids is 1. The molecule has 0 aliphatic carbocycles. The van der Waals surface area contributed by atoms with Crippen molar-refractivity contribution in [2.24, 2.45) is 5.92 Å². The van der Waals surface area contributed by atoms with E-state index in [0.717, 1.165) is 12.1 Å². The molecule has 3 nitrogen and oxygen atoms in total. The van der Waals surface area contributed by atoms with Gasteiger partial charge in [-0.25, -0.2) is 0 Å². The minimum Gasteiger partial charge on any atom is -0.395 e. The maximum absolute atomic E-state index is 12.3. The van der Waals surface area contributed by atoms with Gasteiger partial charge in [0.05, 0.1) is 12.2 Å². The number of rotatable bonds is 4. The van der Waals surface area contributed by atoms with Crippen molar-refractivity contribution in [1.29, 1.82) is 0 Å². The molecule has 0 bridgehead atoms. The van der Waals surface area contributed by atoms with E-state index in [9.17, 15) is 4.79 Å². The summed E-state index contributed by atoms with van der Waals surface area (Å²) in [6.45, 7) is 4.92. The van der Waals surface area contributed by atoms with E-state index >= 15 is 0 Å². The van der Waals surface area contributed by atoms with Gasteiger partial charge in [0.15, 0.2) is 0 Å². The fourth-order valence-corrected chi connectivity index (χ4v) is 1.83. The number of aliphatic hydroxyl groups is 1. The van der Waals surface area contributed by atoms with Crippen molar-refractivity contribution in [3.63, 3.8) is 0 Å². The summed E-state index contributed by atoms with van der Waals surface area (Å²) >= 11 is 0. The summed E-state index contributed by atoms with van der Waals surface area (Å²) in [4.78, 5) is 14.1. The van der Waals surface area contributed by atoms with Gasteiger partial charge in [0.1, 0.15) is 0 Å². The second-order valence-electron chi connectivity index (χ2n) is 4.90. The largest absolute Gasteiger partial charge is 0.395 e. The Morgan fingerprint density at radius 1 is 1.37 bits per heavy atom. The number of aliphatic hydroxyl groups excluding tert-OH is 1. The number of hydrogen-bond donors (Lipinski definition) is 1. The van der Waals surface area contributed by atoms with Crippen molar-refractivity contribution >= 4 is 5.91 Å². The second kappa shape index (κ2) is 7.60. The number of nitrogens with zero attached hydrogens (tertiary/aromatic N) is 1. The van der Waals surface area contributed by atoms with Crippen molar-refractivity contribution in [3.05, 3.63) is 35.4 Å². The molecule has 0 unspecified atom stereocenters. The average molecular weight is 259 g/mol. The van der Waals surface area contributed by atoms with Crippen LogP contribution in [-0.2, 0) is 0 Å². The fourth-order valence-electron chi connectivity index (χ4n) is 1.83. The van der Waals surface area contributed by atoms with E-state index in [1.165, 1.54) is 0 Å². The first-order valence-corrected chi connectivity index (χ1v) is 6.50. The molecule has 1 N–H and O–H groups in total. The Kier molecular flexibility index (Phi) is 6.11. The molecule has 0 aliphatic rings. The summed E-state index contributed by atoms with van der Waals surface area (Å²) in [6, 6.07) is 7.33. The Bertz CT molecular complexity index is 483. The highest BCUT2D eigenvalue weighted by Gasteiger charge is 2.15. The van der Waals surface area contributed by atoms with Gasteiger partial charge in [-0.3, -0.25) is 4.79 Å². The zero-order valence-electron chi connectivity index (χ0n) is 11.8. The van der Waals surface area contributed by atoms with Crippen LogP contribution in [0.15, 0.2) is 24.3 Å². The Morgan fingerprint density at radius 3 is 2.68 bits per heavy atom. The standard InChI is InChI=1S/C16H21NO2/c1-13(2)12-17(3)16(19)15-10-5-4-8-14(15)9-6-7-11-18/h4-5,8,10,13,18H,7,11-12H2,1-3H3. The van der Waals surface area contributed by atoms with Crippen LogP contribution in [0, 0.1) is 17.8 Å². The number of amides is 1. The maximum Gasteiger partial charge on any atom is 0.254 e. The molecule has 0 heterocycles. The highest BCUT2D eigenvalue weighted by Crippen LogP contribution is 2.11. The molecule has 0 fully saturated rings. The third-order valence-electron chi connectivity index (χ3n) is 2.60. The van der Waals surface area contributed by atoms with Crippen LogP contribution in [0.2, 0.25) is 0 Å². The Labute approximate surface area is 115 Å². The van der Waals surface area contributed by atoms with Gasteiger partial charge in [0.2, 0.25) is 0 Å². The predicted octanol–water partition coefficient (Wildman–Crippen LogP) is 2.15. The van der Waals surface area contributed by atoms with E-state index in [4.69, 9.17) is 5.11 Å². The molecule has 1 aromatic carbocycles. The normalized spacial score (nSPS) is 9.95. The van der Waals surface area contributed by atoms with Crippen LogP contribution in [0.4, 0.5) is 0 Å². The van der Waals surface area contributed by atoms with Crippen molar-refractivity contribution in [2.75, 3.05) is 20.2 Å². The minimum absolute atomic E-state index is 0.0115.